The van der Waals surface area contributed by atoms with Crippen molar-refractivity contribution in [3.63, 3.8) is 0 Å². The van der Waals surface area contributed by atoms with Crippen molar-refractivity contribution in [2.45, 2.75) is 38.5 Å². The van der Waals surface area contributed by atoms with Crippen LogP contribution in [0.5, 0.6) is 0 Å². The van der Waals surface area contributed by atoms with E-state index in [2.05, 4.69) is 6.92 Å². The Morgan fingerprint density at radius 3 is 2.07 bits per heavy atom. The number of fused-ring (bicyclic) bond motifs is 3. The van der Waals surface area contributed by atoms with Gasteiger partial charge in [-0.15, -0.1) is 0 Å². The highest BCUT2D eigenvalue weighted by Gasteiger charge is 2.36. The maximum Gasteiger partial charge on any atom is 0.211 e. The summed E-state index contributed by atoms with van der Waals surface area (Å²) in [4.78, 5) is 0. The van der Waals surface area contributed by atoms with Crippen molar-refractivity contribution in [3.8, 4) is 0 Å². The lowest BCUT2D eigenvalue weighted by molar-refractivity contribution is 0.0842. The van der Waals surface area contributed by atoms with Crippen LogP contribution in [-0.4, -0.2) is 47.3 Å². The summed E-state index contributed by atoms with van der Waals surface area (Å²) in [6, 6.07) is 8.43. The van der Waals surface area contributed by atoms with Crippen molar-refractivity contribution in [1.29, 1.82) is 0 Å². The van der Waals surface area contributed by atoms with Crippen LogP contribution in [-0.2, 0) is 16.6 Å². The smallest absolute Gasteiger partial charge is 0.211 e. The Bertz CT molecular complexity index is 1110. The van der Waals surface area contributed by atoms with E-state index in [4.69, 9.17) is 0 Å². The third kappa shape index (κ3) is 3.89. The van der Waals surface area contributed by atoms with E-state index < -0.39 is 27.8 Å². The van der Waals surface area contributed by atoms with Gasteiger partial charge in [0.25, 0.3) is 0 Å². The van der Waals surface area contributed by atoms with E-state index in [9.17, 15) is 22.3 Å². The van der Waals surface area contributed by atoms with E-state index in [0.717, 1.165) is 19.1 Å². The maximum atomic E-state index is 13.8. The normalized spacial score (nSPS) is 21.0. The molecule has 1 heterocycles. The highest BCUT2D eigenvalue weighted by atomic mass is 32.2. The molecule has 1 unspecified atom stereocenters. The maximum absolute atomic E-state index is 13.8. The molecule has 0 bridgehead atoms. The number of halogens is 2. The first-order chi connectivity index (χ1) is 13.6. The molecule has 1 N–H and O–H groups in total. The Kier molecular flexibility index (Phi) is 5.13. The first-order valence-corrected chi connectivity index (χ1v) is 11.5. The van der Waals surface area contributed by atoms with Crippen LogP contribution >= 0.6 is 0 Å². The molecule has 0 radical (unpaired) electrons. The van der Waals surface area contributed by atoms with Gasteiger partial charge in [0.05, 0.1) is 18.9 Å². The highest BCUT2D eigenvalue weighted by molar-refractivity contribution is 7.88. The lowest BCUT2D eigenvalue weighted by Crippen LogP contribution is -2.50. The van der Waals surface area contributed by atoms with Crippen LogP contribution in [0.4, 0.5) is 8.78 Å². The Morgan fingerprint density at radius 1 is 1.10 bits per heavy atom. The van der Waals surface area contributed by atoms with E-state index in [-0.39, 0.29) is 19.1 Å². The summed E-state index contributed by atoms with van der Waals surface area (Å²) in [5.74, 6) is -0.379. The van der Waals surface area contributed by atoms with Crippen LogP contribution < -0.4 is 0 Å². The molecule has 29 heavy (non-hydrogen) atoms. The van der Waals surface area contributed by atoms with Crippen molar-refractivity contribution >= 4 is 31.8 Å². The van der Waals surface area contributed by atoms with Gasteiger partial charge in [0.1, 0.15) is 11.6 Å². The fraction of sp³-hybridized carbons (Fsp3) is 0.429. The number of hydrogen-bond donors (Lipinski definition) is 1. The summed E-state index contributed by atoms with van der Waals surface area (Å²) in [7, 11) is -3.45. The average molecular weight is 422 g/mol. The molecule has 1 fully saturated rings. The van der Waals surface area contributed by atoms with Crippen LogP contribution in [0.2, 0.25) is 0 Å². The topological polar surface area (TPSA) is 62.5 Å². The van der Waals surface area contributed by atoms with Gasteiger partial charge in [0.2, 0.25) is 10.0 Å². The largest absolute Gasteiger partial charge is 0.390 e. The Morgan fingerprint density at radius 2 is 1.62 bits per heavy atom. The quantitative estimate of drug-likeness (QED) is 0.662. The molecule has 0 spiro atoms. The zero-order valence-corrected chi connectivity index (χ0v) is 17.2. The lowest BCUT2D eigenvalue weighted by Gasteiger charge is -2.40. The molecule has 1 aromatic heterocycles. The van der Waals surface area contributed by atoms with Crippen molar-refractivity contribution in [2.75, 3.05) is 12.8 Å². The van der Waals surface area contributed by atoms with Gasteiger partial charge in [-0.1, -0.05) is 6.92 Å². The zero-order valence-electron chi connectivity index (χ0n) is 16.3. The van der Waals surface area contributed by atoms with Crippen LogP contribution in [0.15, 0.2) is 36.4 Å². The first kappa shape index (κ1) is 20.3. The number of sulfonamides is 1. The number of nitrogens with zero attached hydrogens (tertiary/aromatic N) is 2. The van der Waals surface area contributed by atoms with E-state index >= 15 is 0 Å². The van der Waals surface area contributed by atoms with Gasteiger partial charge in [-0.05, 0) is 55.2 Å². The van der Waals surface area contributed by atoms with Crippen LogP contribution in [0, 0.1) is 17.6 Å². The molecule has 1 aliphatic rings. The summed E-state index contributed by atoms with van der Waals surface area (Å²) in [5.41, 5.74) is 1.32. The molecule has 0 amide bonds. The van der Waals surface area contributed by atoms with E-state index in [1.807, 2.05) is 0 Å². The minimum Gasteiger partial charge on any atom is -0.390 e. The molecule has 0 aliphatic heterocycles. The second kappa shape index (κ2) is 7.34. The Labute approximate surface area is 168 Å². The fourth-order valence-corrected chi connectivity index (χ4v) is 5.53. The number of benzene rings is 2. The van der Waals surface area contributed by atoms with Gasteiger partial charge in [-0.3, -0.25) is 0 Å². The molecule has 8 heteroatoms. The molecular weight excluding hydrogens is 398 g/mol. The highest BCUT2D eigenvalue weighted by Crippen LogP contribution is 2.33. The van der Waals surface area contributed by atoms with Gasteiger partial charge in [-0.2, -0.15) is 4.31 Å². The predicted octanol–water partition coefficient (Wildman–Crippen LogP) is 3.49. The van der Waals surface area contributed by atoms with Crippen LogP contribution in [0.25, 0.3) is 21.8 Å². The number of rotatable bonds is 6. The molecular formula is C21H24F2N2O3S. The molecule has 1 aliphatic carbocycles. The second-order valence-electron chi connectivity index (χ2n) is 8.15. The molecule has 0 saturated heterocycles. The molecule has 1 atom stereocenters. The summed E-state index contributed by atoms with van der Waals surface area (Å²) < 4.78 is 55.2. The van der Waals surface area contributed by atoms with Gasteiger partial charge in [-0.25, -0.2) is 17.2 Å². The third-order valence-electron chi connectivity index (χ3n) is 5.76. The minimum atomic E-state index is -3.45. The zero-order chi connectivity index (χ0) is 20.9. The molecule has 2 aromatic carbocycles. The van der Waals surface area contributed by atoms with Gasteiger partial charge >= 0.3 is 0 Å². The monoisotopic (exact) mass is 422 g/mol. The minimum absolute atomic E-state index is 0.0141. The van der Waals surface area contributed by atoms with Gasteiger partial charge in [0.15, 0.2) is 0 Å². The van der Waals surface area contributed by atoms with E-state index in [1.54, 1.807) is 16.7 Å². The number of aromatic nitrogens is 1. The van der Waals surface area contributed by atoms with Crippen LogP contribution in [0.1, 0.15) is 19.8 Å². The van der Waals surface area contributed by atoms with E-state index in [1.165, 1.54) is 28.6 Å². The standard InChI is InChI=1S/C21H24F2N2O3S/c1-13-7-16(8-13)25(29(2,27)28)12-17(26)11-24-20-5-3-14(22)9-18(20)19-10-15(23)4-6-21(19)24/h3-6,9-10,13,16-17,26H,7-8,11-12H2,1-2H3. The first-order valence-electron chi connectivity index (χ1n) is 9.65. The van der Waals surface area contributed by atoms with Crippen molar-refractivity contribution < 1.29 is 22.3 Å². The third-order valence-corrected chi connectivity index (χ3v) is 7.05. The summed E-state index contributed by atoms with van der Waals surface area (Å²) in [6.07, 6.45) is 1.77. The number of aliphatic hydroxyl groups is 1. The summed E-state index contributed by atoms with van der Waals surface area (Å²) in [6.45, 7) is 2.18. The molecule has 156 valence electrons. The van der Waals surface area contributed by atoms with Gasteiger partial charge < -0.3 is 9.67 Å². The van der Waals surface area contributed by atoms with E-state index in [0.29, 0.717) is 27.7 Å². The molecule has 4 rings (SSSR count). The predicted molar refractivity (Wildman–Crippen MR) is 109 cm³/mol. The Balaban J connectivity index is 1.67. The SMILES string of the molecule is CC1CC(N(CC(O)Cn2c3ccc(F)cc3c3cc(F)ccc32)S(C)(=O)=O)C1. The summed E-state index contributed by atoms with van der Waals surface area (Å²) in [5, 5.41) is 11.9. The van der Waals surface area contributed by atoms with Crippen LogP contribution in [0.3, 0.4) is 0 Å². The average Bonchev–Trinajstić information content (AvgIpc) is 2.89. The van der Waals surface area contributed by atoms with Gasteiger partial charge in [0, 0.05) is 34.4 Å². The lowest BCUT2D eigenvalue weighted by atomic mass is 9.82. The Hall–Kier alpha value is -2.03. The molecule has 3 aromatic rings. The van der Waals surface area contributed by atoms with Crippen molar-refractivity contribution in [2.24, 2.45) is 5.92 Å². The number of aliphatic hydroxyl groups excluding tert-OH is 1. The van der Waals surface area contributed by atoms with Crippen molar-refractivity contribution in [3.05, 3.63) is 48.0 Å². The molecule has 5 nitrogen and oxygen atoms in total. The van der Waals surface area contributed by atoms with Crippen molar-refractivity contribution in [1.82, 2.24) is 8.87 Å². The molecule has 1 saturated carbocycles. The fourth-order valence-electron chi connectivity index (χ4n) is 4.37. The summed E-state index contributed by atoms with van der Waals surface area (Å²) >= 11 is 0. The number of hydrogen-bond acceptors (Lipinski definition) is 3. The second-order valence-corrected chi connectivity index (χ2v) is 10.1.